The molecule has 3 rings (SSSR count). The average Bonchev–Trinajstić information content (AvgIpc) is 2.98. The molecule has 1 aromatic carbocycles. The predicted molar refractivity (Wildman–Crippen MR) is 77.7 cm³/mol. The quantitative estimate of drug-likeness (QED) is 0.854. The molecule has 114 valence electrons. The number of ether oxygens (including phenoxy) is 1. The zero-order valence-electron chi connectivity index (χ0n) is 11.9. The highest BCUT2D eigenvalue weighted by Gasteiger charge is 2.39. The number of carbonyl (C=O) groups excluding carboxylic acids is 1. The van der Waals surface area contributed by atoms with E-state index < -0.39 is 16.1 Å². The minimum atomic E-state index is -3.77. The second-order valence-corrected chi connectivity index (χ2v) is 7.14. The molecule has 1 fully saturated rings. The van der Waals surface area contributed by atoms with E-state index in [0.29, 0.717) is 18.7 Å². The van der Waals surface area contributed by atoms with Crippen LogP contribution in [0.5, 0.6) is 0 Å². The number of benzene rings is 1. The number of urea groups is 1. The maximum atomic E-state index is 12.6. The van der Waals surface area contributed by atoms with E-state index in [9.17, 15) is 13.2 Å². The van der Waals surface area contributed by atoms with Gasteiger partial charge in [0.1, 0.15) is 4.90 Å². The molecular weight excluding hydrogens is 292 g/mol. The topological polar surface area (TPSA) is 66.9 Å². The van der Waals surface area contributed by atoms with E-state index in [1.807, 2.05) is 0 Å². The van der Waals surface area contributed by atoms with Gasteiger partial charge in [0, 0.05) is 20.2 Å². The molecule has 21 heavy (non-hydrogen) atoms. The van der Waals surface area contributed by atoms with Gasteiger partial charge in [-0.05, 0) is 31.4 Å². The van der Waals surface area contributed by atoms with Crippen LogP contribution in [-0.4, -0.2) is 45.1 Å². The van der Waals surface area contributed by atoms with Crippen molar-refractivity contribution in [2.24, 2.45) is 0 Å². The molecule has 0 spiro atoms. The van der Waals surface area contributed by atoms with Crippen molar-refractivity contribution in [2.75, 3.05) is 25.1 Å². The fourth-order valence-corrected chi connectivity index (χ4v) is 4.42. The van der Waals surface area contributed by atoms with Crippen LogP contribution < -0.4 is 4.90 Å². The molecule has 0 unspecified atom stereocenters. The molecule has 1 saturated heterocycles. The molecule has 2 aliphatic rings. The van der Waals surface area contributed by atoms with Gasteiger partial charge < -0.3 is 4.74 Å². The summed E-state index contributed by atoms with van der Waals surface area (Å²) in [4.78, 5) is 13.9. The summed E-state index contributed by atoms with van der Waals surface area (Å²) in [5.74, 6) is 0. The van der Waals surface area contributed by atoms with Crippen molar-refractivity contribution in [2.45, 2.75) is 30.3 Å². The lowest BCUT2D eigenvalue weighted by molar-refractivity contribution is 0.101. The first-order valence-corrected chi connectivity index (χ1v) is 8.47. The lowest BCUT2D eigenvalue weighted by atomic mass is 10.2. The van der Waals surface area contributed by atoms with Crippen LogP contribution in [0.1, 0.15) is 19.3 Å². The van der Waals surface area contributed by atoms with Gasteiger partial charge in [0.05, 0.1) is 11.8 Å². The number of carbonyl (C=O) groups is 1. The SMILES string of the molecule is CN1C(=O)N(CC[C@@H]2CCCO2)S(=O)(=O)c2ccccc21. The van der Waals surface area contributed by atoms with Crippen LogP contribution in [0.25, 0.3) is 0 Å². The summed E-state index contributed by atoms with van der Waals surface area (Å²) in [6.07, 6.45) is 2.51. The summed E-state index contributed by atoms with van der Waals surface area (Å²) in [6, 6.07) is 6.06. The summed E-state index contributed by atoms with van der Waals surface area (Å²) in [5.41, 5.74) is 0.427. The molecule has 0 bridgehead atoms. The summed E-state index contributed by atoms with van der Waals surface area (Å²) in [5, 5.41) is 0. The van der Waals surface area contributed by atoms with Crippen molar-refractivity contribution < 1.29 is 17.9 Å². The van der Waals surface area contributed by atoms with Crippen molar-refractivity contribution >= 4 is 21.7 Å². The zero-order valence-corrected chi connectivity index (χ0v) is 12.7. The van der Waals surface area contributed by atoms with Crippen LogP contribution in [0.15, 0.2) is 29.2 Å². The van der Waals surface area contributed by atoms with E-state index in [1.54, 1.807) is 25.2 Å². The van der Waals surface area contributed by atoms with E-state index in [1.165, 1.54) is 11.0 Å². The Balaban J connectivity index is 1.88. The predicted octanol–water partition coefficient (Wildman–Crippen LogP) is 1.82. The number of hydrogen-bond acceptors (Lipinski definition) is 4. The molecule has 2 amide bonds. The Morgan fingerprint density at radius 2 is 2.10 bits per heavy atom. The molecule has 0 radical (unpaired) electrons. The average molecular weight is 310 g/mol. The van der Waals surface area contributed by atoms with Crippen molar-refractivity contribution in [3.05, 3.63) is 24.3 Å². The number of hydrogen-bond donors (Lipinski definition) is 0. The molecule has 6 nitrogen and oxygen atoms in total. The summed E-state index contributed by atoms with van der Waals surface area (Å²) in [7, 11) is -2.18. The first-order valence-electron chi connectivity index (χ1n) is 7.03. The van der Waals surface area contributed by atoms with Crippen LogP contribution in [-0.2, 0) is 14.8 Å². The van der Waals surface area contributed by atoms with Crippen LogP contribution in [0, 0.1) is 0 Å². The van der Waals surface area contributed by atoms with Gasteiger partial charge in [-0.3, -0.25) is 4.90 Å². The van der Waals surface area contributed by atoms with Crippen molar-refractivity contribution in [1.29, 1.82) is 0 Å². The molecular formula is C14H18N2O4S. The van der Waals surface area contributed by atoms with Crippen molar-refractivity contribution in [3.63, 3.8) is 0 Å². The second kappa shape index (κ2) is 5.31. The van der Waals surface area contributed by atoms with Gasteiger partial charge in [-0.2, -0.15) is 0 Å². The fraction of sp³-hybridized carbons (Fsp3) is 0.500. The second-order valence-electron chi connectivity index (χ2n) is 5.31. The number of amides is 2. The van der Waals surface area contributed by atoms with Gasteiger partial charge in [-0.25, -0.2) is 17.5 Å². The zero-order chi connectivity index (χ0) is 15.0. The van der Waals surface area contributed by atoms with E-state index in [2.05, 4.69) is 0 Å². The van der Waals surface area contributed by atoms with E-state index in [4.69, 9.17) is 4.74 Å². The Morgan fingerprint density at radius 1 is 1.33 bits per heavy atom. The lowest BCUT2D eigenvalue weighted by Gasteiger charge is -2.34. The van der Waals surface area contributed by atoms with Crippen LogP contribution in [0.2, 0.25) is 0 Å². The molecule has 2 heterocycles. The molecule has 1 atom stereocenters. The van der Waals surface area contributed by atoms with Crippen LogP contribution >= 0.6 is 0 Å². The normalized spacial score (nSPS) is 24.2. The van der Waals surface area contributed by atoms with E-state index >= 15 is 0 Å². The Bertz CT molecular complexity index is 653. The Morgan fingerprint density at radius 3 is 2.81 bits per heavy atom. The van der Waals surface area contributed by atoms with E-state index in [0.717, 1.165) is 17.1 Å². The van der Waals surface area contributed by atoms with Gasteiger partial charge >= 0.3 is 6.03 Å². The summed E-state index contributed by atoms with van der Waals surface area (Å²) in [6.45, 7) is 0.874. The highest BCUT2D eigenvalue weighted by atomic mass is 32.2. The maximum absolute atomic E-state index is 12.6. The van der Waals surface area contributed by atoms with Gasteiger partial charge in [0.2, 0.25) is 0 Å². The van der Waals surface area contributed by atoms with Gasteiger partial charge in [-0.15, -0.1) is 0 Å². The number of fused-ring (bicyclic) bond motifs is 1. The number of rotatable bonds is 3. The van der Waals surface area contributed by atoms with Crippen LogP contribution in [0.4, 0.5) is 10.5 Å². The monoisotopic (exact) mass is 310 g/mol. The minimum Gasteiger partial charge on any atom is -0.378 e. The molecule has 0 saturated carbocycles. The Kier molecular flexibility index (Phi) is 3.62. The standard InChI is InChI=1S/C14H18N2O4S/c1-15-12-6-2-3-7-13(12)21(18,19)16(14(15)17)9-8-11-5-4-10-20-11/h2-3,6-7,11H,4-5,8-10H2,1H3/t11-/m0/s1. The number of sulfonamides is 1. The smallest absolute Gasteiger partial charge is 0.338 e. The number of nitrogens with zero attached hydrogens (tertiary/aromatic N) is 2. The fourth-order valence-electron chi connectivity index (χ4n) is 2.79. The van der Waals surface area contributed by atoms with Gasteiger partial charge in [-0.1, -0.05) is 12.1 Å². The number of para-hydroxylation sites is 1. The molecule has 7 heteroatoms. The highest BCUT2D eigenvalue weighted by Crippen LogP contribution is 2.33. The molecule has 2 aliphatic heterocycles. The lowest BCUT2D eigenvalue weighted by Crippen LogP contribution is -2.49. The first-order chi connectivity index (χ1) is 10.0. The maximum Gasteiger partial charge on any atom is 0.338 e. The Hall–Kier alpha value is -1.60. The van der Waals surface area contributed by atoms with Gasteiger partial charge in [0.15, 0.2) is 0 Å². The third-order valence-electron chi connectivity index (χ3n) is 3.97. The molecule has 0 aliphatic carbocycles. The van der Waals surface area contributed by atoms with Crippen LogP contribution in [0.3, 0.4) is 0 Å². The van der Waals surface area contributed by atoms with Crippen molar-refractivity contribution in [3.8, 4) is 0 Å². The third-order valence-corrected chi connectivity index (χ3v) is 5.79. The van der Waals surface area contributed by atoms with Crippen molar-refractivity contribution in [1.82, 2.24) is 4.31 Å². The summed E-state index contributed by atoms with van der Waals surface area (Å²) < 4.78 is 31.7. The van der Waals surface area contributed by atoms with E-state index in [-0.39, 0.29) is 17.5 Å². The molecule has 0 aromatic heterocycles. The summed E-state index contributed by atoms with van der Waals surface area (Å²) >= 11 is 0. The Labute approximate surface area is 124 Å². The number of anilines is 1. The molecule has 1 aromatic rings. The minimum absolute atomic E-state index is 0.0514. The largest absolute Gasteiger partial charge is 0.378 e. The van der Waals surface area contributed by atoms with Gasteiger partial charge in [0.25, 0.3) is 10.0 Å². The third kappa shape index (κ3) is 2.40. The first kappa shape index (κ1) is 14.3. The highest BCUT2D eigenvalue weighted by molar-refractivity contribution is 7.90. The molecule has 0 N–H and O–H groups in total.